The number of ether oxygens (including phenoxy) is 1. The Kier molecular flexibility index (Phi) is 4.93. The summed E-state index contributed by atoms with van der Waals surface area (Å²) < 4.78 is 5.47. The lowest BCUT2D eigenvalue weighted by Crippen LogP contribution is -2.41. The molecular weight excluding hydrogens is 196 g/mol. The Morgan fingerprint density at radius 3 is 2.80 bits per heavy atom. The number of rotatable bonds is 4. The molecule has 1 saturated heterocycles. The first-order chi connectivity index (χ1) is 7.27. The average molecular weight is 212 g/mol. The quantitative estimate of drug-likeness (QED) is 0.400. The van der Waals surface area contributed by atoms with Gasteiger partial charge in [0, 0.05) is 24.6 Å². The number of carbonyl (C=O) groups is 1. The van der Waals surface area contributed by atoms with Crippen LogP contribution in [-0.2, 0) is 9.53 Å². The molecule has 0 unspecified atom stereocenters. The van der Waals surface area contributed by atoms with Crippen molar-refractivity contribution in [2.75, 3.05) is 26.2 Å². The molecule has 84 valence electrons. The van der Waals surface area contributed by atoms with E-state index in [4.69, 9.17) is 10.3 Å². The van der Waals surface area contributed by atoms with Crippen molar-refractivity contribution in [2.45, 2.75) is 25.9 Å². The SMILES string of the molecule is CCOC1CCN(C(=O)CN=[N+]=[N-])CC1. The summed E-state index contributed by atoms with van der Waals surface area (Å²) in [5.41, 5.74) is 8.09. The molecule has 0 saturated carbocycles. The fraction of sp³-hybridized carbons (Fsp3) is 0.889. The summed E-state index contributed by atoms with van der Waals surface area (Å²) in [5, 5.41) is 3.26. The summed E-state index contributed by atoms with van der Waals surface area (Å²) in [7, 11) is 0. The van der Waals surface area contributed by atoms with Crippen LogP contribution in [0.5, 0.6) is 0 Å². The summed E-state index contributed by atoms with van der Waals surface area (Å²) in [6.45, 7) is 4.02. The molecule has 0 N–H and O–H groups in total. The fourth-order valence-corrected chi connectivity index (χ4v) is 1.70. The molecule has 1 aliphatic heterocycles. The molecule has 0 radical (unpaired) electrons. The Morgan fingerprint density at radius 1 is 1.60 bits per heavy atom. The third-order valence-electron chi connectivity index (χ3n) is 2.47. The van der Waals surface area contributed by atoms with Crippen molar-refractivity contribution in [1.29, 1.82) is 0 Å². The van der Waals surface area contributed by atoms with Gasteiger partial charge in [-0.05, 0) is 25.3 Å². The average Bonchev–Trinajstić information content (AvgIpc) is 2.27. The van der Waals surface area contributed by atoms with Gasteiger partial charge in [0.2, 0.25) is 5.91 Å². The molecule has 6 nitrogen and oxygen atoms in total. The highest BCUT2D eigenvalue weighted by molar-refractivity contribution is 5.78. The van der Waals surface area contributed by atoms with Gasteiger partial charge >= 0.3 is 0 Å². The van der Waals surface area contributed by atoms with Gasteiger partial charge in [-0.25, -0.2) is 0 Å². The van der Waals surface area contributed by atoms with Gasteiger partial charge in [-0.15, -0.1) is 0 Å². The van der Waals surface area contributed by atoms with E-state index in [0.717, 1.165) is 19.4 Å². The first-order valence-electron chi connectivity index (χ1n) is 5.18. The minimum absolute atomic E-state index is 0.0736. The number of hydrogen-bond acceptors (Lipinski definition) is 3. The van der Waals surface area contributed by atoms with Crippen molar-refractivity contribution in [1.82, 2.24) is 4.90 Å². The summed E-state index contributed by atoms with van der Waals surface area (Å²) in [5.74, 6) is -0.0947. The van der Waals surface area contributed by atoms with Crippen LogP contribution >= 0.6 is 0 Å². The maximum absolute atomic E-state index is 11.4. The lowest BCUT2D eigenvalue weighted by molar-refractivity contribution is -0.132. The molecule has 0 aromatic carbocycles. The predicted octanol–water partition coefficient (Wildman–Crippen LogP) is 1.32. The second kappa shape index (κ2) is 6.27. The van der Waals surface area contributed by atoms with Crippen molar-refractivity contribution < 1.29 is 9.53 Å². The highest BCUT2D eigenvalue weighted by atomic mass is 16.5. The van der Waals surface area contributed by atoms with Gasteiger partial charge < -0.3 is 9.64 Å². The van der Waals surface area contributed by atoms with Crippen molar-refractivity contribution in [3.63, 3.8) is 0 Å². The number of likely N-dealkylation sites (tertiary alicyclic amines) is 1. The van der Waals surface area contributed by atoms with E-state index in [1.165, 1.54) is 0 Å². The molecule has 1 amide bonds. The first kappa shape index (κ1) is 11.8. The number of azide groups is 1. The highest BCUT2D eigenvalue weighted by Crippen LogP contribution is 2.13. The second-order valence-electron chi connectivity index (χ2n) is 3.42. The number of nitrogens with zero attached hydrogens (tertiary/aromatic N) is 4. The Bertz CT molecular complexity index is 255. The van der Waals surface area contributed by atoms with Crippen LogP contribution in [0.15, 0.2) is 5.11 Å². The van der Waals surface area contributed by atoms with E-state index in [1.807, 2.05) is 6.92 Å². The molecule has 0 bridgehead atoms. The van der Waals surface area contributed by atoms with Crippen LogP contribution in [-0.4, -0.2) is 43.2 Å². The summed E-state index contributed by atoms with van der Waals surface area (Å²) >= 11 is 0. The Hall–Kier alpha value is -1.26. The van der Waals surface area contributed by atoms with Gasteiger partial charge in [0.05, 0.1) is 6.10 Å². The van der Waals surface area contributed by atoms with E-state index < -0.39 is 0 Å². The smallest absolute Gasteiger partial charge is 0.228 e. The molecule has 1 fully saturated rings. The minimum Gasteiger partial charge on any atom is -0.378 e. The van der Waals surface area contributed by atoms with Gasteiger partial charge in [-0.2, -0.15) is 0 Å². The molecule has 1 heterocycles. The third-order valence-corrected chi connectivity index (χ3v) is 2.47. The van der Waals surface area contributed by atoms with E-state index in [1.54, 1.807) is 4.90 Å². The molecule has 0 spiro atoms. The Labute approximate surface area is 88.8 Å². The van der Waals surface area contributed by atoms with E-state index in [2.05, 4.69) is 10.0 Å². The zero-order valence-electron chi connectivity index (χ0n) is 8.93. The molecule has 0 aliphatic carbocycles. The third kappa shape index (κ3) is 3.77. The second-order valence-corrected chi connectivity index (χ2v) is 3.42. The summed E-state index contributed by atoms with van der Waals surface area (Å²) in [4.78, 5) is 15.7. The van der Waals surface area contributed by atoms with Crippen LogP contribution in [0, 0.1) is 0 Å². The van der Waals surface area contributed by atoms with Crippen LogP contribution in [0.2, 0.25) is 0 Å². The summed E-state index contributed by atoms with van der Waals surface area (Å²) in [6, 6.07) is 0. The van der Waals surface area contributed by atoms with E-state index in [9.17, 15) is 4.79 Å². The number of piperidine rings is 1. The van der Waals surface area contributed by atoms with Gasteiger partial charge in [0.15, 0.2) is 0 Å². The van der Waals surface area contributed by atoms with Crippen molar-refractivity contribution >= 4 is 5.91 Å². The molecule has 0 aromatic rings. The zero-order valence-corrected chi connectivity index (χ0v) is 8.93. The number of amides is 1. The van der Waals surface area contributed by atoms with Gasteiger partial charge in [-0.3, -0.25) is 4.79 Å². The van der Waals surface area contributed by atoms with E-state index in [0.29, 0.717) is 13.1 Å². The zero-order chi connectivity index (χ0) is 11.1. The monoisotopic (exact) mass is 212 g/mol. The highest BCUT2D eigenvalue weighted by Gasteiger charge is 2.21. The Morgan fingerprint density at radius 2 is 2.27 bits per heavy atom. The van der Waals surface area contributed by atoms with Gasteiger partial charge in [0.1, 0.15) is 6.54 Å². The van der Waals surface area contributed by atoms with Gasteiger partial charge in [0.25, 0.3) is 0 Å². The normalized spacial score (nSPS) is 17.3. The fourth-order valence-electron chi connectivity index (χ4n) is 1.70. The molecule has 1 aliphatic rings. The predicted molar refractivity (Wildman–Crippen MR) is 55.2 cm³/mol. The topological polar surface area (TPSA) is 78.3 Å². The Balaban J connectivity index is 2.30. The van der Waals surface area contributed by atoms with Crippen LogP contribution in [0.3, 0.4) is 0 Å². The lowest BCUT2D eigenvalue weighted by atomic mass is 10.1. The number of hydrogen-bond donors (Lipinski definition) is 0. The first-order valence-corrected chi connectivity index (χ1v) is 5.18. The van der Waals surface area contributed by atoms with Crippen LogP contribution in [0.25, 0.3) is 10.4 Å². The minimum atomic E-state index is -0.0947. The molecule has 6 heteroatoms. The standard InChI is InChI=1S/C9H16N4O2/c1-2-15-8-3-5-13(6-4-8)9(14)7-11-12-10/h8H,2-7H2,1H3. The molecule has 1 rings (SSSR count). The van der Waals surface area contributed by atoms with Gasteiger partial charge in [-0.1, -0.05) is 5.11 Å². The van der Waals surface area contributed by atoms with E-state index >= 15 is 0 Å². The molecule has 0 aromatic heterocycles. The molecule has 15 heavy (non-hydrogen) atoms. The van der Waals surface area contributed by atoms with Crippen molar-refractivity contribution in [3.8, 4) is 0 Å². The van der Waals surface area contributed by atoms with E-state index in [-0.39, 0.29) is 18.6 Å². The maximum atomic E-state index is 11.4. The molecule has 0 atom stereocenters. The maximum Gasteiger partial charge on any atom is 0.228 e. The van der Waals surface area contributed by atoms with Crippen molar-refractivity contribution in [3.05, 3.63) is 10.4 Å². The largest absolute Gasteiger partial charge is 0.378 e. The number of carbonyl (C=O) groups excluding carboxylic acids is 1. The van der Waals surface area contributed by atoms with Crippen LogP contribution < -0.4 is 0 Å². The lowest BCUT2D eigenvalue weighted by Gasteiger charge is -2.31. The van der Waals surface area contributed by atoms with Crippen LogP contribution in [0.1, 0.15) is 19.8 Å². The molecular formula is C9H16N4O2. The van der Waals surface area contributed by atoms with Crippen molar-refractivity contribution in [2.24, 2.45) is 5.11 Å². The summed E-state index contributed by atoms with van der Waals surface area (Å²) in [6.07, 6.45) is 2.02. The van der Waals surface area contributed by atoms with Crippen LogP contribution in [0.4, 0.5) is 0 Å².